The molecule has 0 aromatic rings. The Labute approximate surface area is 123 Å². The van der Waals surface area contributed by atoms with Crippen LogP contribution < -0.4 is 0 Å². The fraction of sp³-hybridized carbons (Fsp3) is 1.00. The molecule has 5 rings (SSSR count). The summed E-state index contributed by atoms with van der Waals surface area (Å²) in [4.78, 5) is 2.62. The Morgan fingerprint density at radius 1 is 0.950 bits per heavy atom. The van der Waals surface area contributed by atoms with Crippen LogP contribution in [0.3, 0.4) is 0 Å². The first-order chi connectivity index (χ1) is 9.52. The lowest BCUT2D eigenvalue weighted by atomic mass is 9.49. The van der Waals surface area contributed by atoms with Gasteiger partial charge in [-0.05, 0) is 94.4 Å². The number of aliphatic hydroxyl groups is 1. The standard InChI is InChI=1S/C18H31NO/c1-17(20)2-5-19(6-3-17)7-4-18-11-14-8-15(12-18)10-16(9-14)13-18/h14-16,20H,2-13H2,1H3. The highest BCUT2D eigenvalue weighted by Gasteiger charge is 2.50. The average Bonchev–Trinajstić information content (AvgIpc) is 2.36. The van der Waals surface area contributed by atoms with Gasteiger partial charge < -0.3 is 10.0 Å². The molecule has 1 heterocycles. The summed E-state index contributed by atoms with van der Waals surface area (Å²) in [6.07, 6.45) is 12.7. The van der Waals surface area contributed by atoms with E-state index in [-0.39, 0.29) is 0 Å². The highest BCUT2D eigenvalue weighted by molar-refractivity contribution is 5.01. The predicted molar refractivity (Wildman–Crippen MR) is 81.5 cm³/mol. The largest absolute Gasteiger partial charge is 0.390 e. The fourth-order valence-electron chi connectivity index (χ4n) is 6.25. The van der Waals surface area contributed by atoms with Crippen molar-refractivity contribution >= 4 is 0 Å². The van der Waals surface area contributed by atoms with Gasteiger partial charge in [0, 0.05) is 13.1 Å². The summed E-state index contributed by atoms with van der Waals surface area (Å²) in [6.45, 7) is 5.52. The molecule has 20 heavy (non-hydrogen) atoms. The second kappa shape index (κ2) is 4.71. The summed E-state index contributed by atoms with van der Waals surface area (Å²) in [5.41, 5.74) is 0.339. The molecule has 4 saturated carbocycles. The van der Waals surface area contributed by atoms with E-state index in [1.807, 2.05) is 6.92 Å². The topological polar surface area (TPSA) is 23.5 Å². The van der Waals surface area contributed by atoms with Crippen molar-refractivity contribution in [2.24, 2.45) is 23.2 Å². The summed E-state index contributed by atoms with van der Waals surface area (Å²) >= 11 is 0. The summed E-state index contributed by atoms with van der Waals surface area (Å²) in [5, 5.41) is 10.1. The van der Waals surface area contributed by atoms with Crippen LogP contribution in [0, 0.1) is 23.2 Å². The van der Waals surface area contributed by atoms with Crippen LogP contribution in [-0.4, -0.2) is 35.2 Å². The Balaban J connectivity index is 1.33. The third kappa shape index (κ3) is 2.54. The Hall–Kier alpha value is -0.0800. The summed E-state index contributed by atoms with van der Waals surface area (Å²) in [6, 6.07) is 0. The van der Waals surface area contributed by atoms with Gasteiger partial charge in [-0.15, -0.1) is 0 Å². The second-order valence-corrected chi connectivity index (χ2v) is 9.01. The maximum Gasteiger partial charge on any atom is 0.0644 e. The number of nitrogens with zero attached hydrogens (tertiary/aromatic N) is 1. The van der Waals surface area contributed by atoms with Crippen LogP contribution in [-0.2, 0) is 0 Å². The molecule has 1 aliphatic heterocycles. The quantitative estimate of drug-likeness (QED) is 0.854. The van der Waals surface area contributed by atoms with Crippen molar-refractivity contribution in [2.45, 2.75) is 70.3 Å². The molecule has 2 heteroatoms. The Morgan fingerprint density at radius 2 is 1.45 bits per heavy atom. The minimum Gasteiger partial charge on any atom is -0.390 e. The van der Waals surface area contributed by atoms with Crippen molar-refractivity contribution in [1.29, 1.82) is 0 Å². The second-order valence-electron chi connectivity index (χ2n) is 9.01. The SMILES string of the molecule is CC1(O)CCN(CCC23CC4CC(CC(C4)C2)C3)CC1. The third-order valence-electron chi connectivity index (χ3n) is 7.06. The maximum atomic E-state index is 10.1. The zero-order valence-electron chi connectivity index (χ0n) is 13.1. The lowest BCUT2D eigenvalue weighted by Crippen LogP contribution is -2.48. The van der Waals surface area contributed by atoms with Crippen molar-refractivity contribution in [3.05, 3.63) is 0 Å². The van der Waals surface area contributed by atoms with Gasteiger partial charge in [0.25, 0.3) is 0 Å². The van der Waals surface area contributed by atoms with Crippen LogP contribution in [0.2, 0.25) is 0 Å². The number of likely N-dealkylation sites (tertiary alicyclic amines) is 1. The monoisotopic (exact) mass is 277 g/mol. The first-order valence-corrected chi connectivity index (χ1v) is 8.97. The highest BCUT2D eigenvalue weighted by atomic mass is 16.3. The van der Waals surface area contributed by atoms with Gasteiger partial charge in [0.2, 0.25) is 0 Å². The average molecular weight is 277 g/mol. The van der Waals surface area contributed by atoms with E-state index >= 15 is 0 Å². The smallest absolute Gasteiger partial charge is 0.0644 e. The molecule has 5 aliphatic rings. The van der Waals surface area contributed by atoms with Crippen LogP contribution in [0.15, 0.2) is 0 Å². The number of hydrogen-bond donors (Lipinski definition) is 1. The highest BCUT2D eigenvalue weighted by Crippen LogP contribution is 2.61. The molecular weight excluding hydrogens is 246 g/mol. The van der Waals surface area contributed by atoms with Crippen molar-refractivity contribution in [2.75, 3.05) is 19.6 Å². The Kier molecular flexibility index (Phi) is 3.20. The van der Waals surface area contributed by atoms with Gasteiger partial charge in [0.05, 0.1) is 5.60 Å². The molecule has 2 nitrogen and oxygen atoms in total. The Morgan fingerprint density at radius 3 is 1.95 bits per heavy atom. The number of piperidine rings is 1. The summed E-state index contributed by atoms with van der Waals surface area (Å²) in [7, 11) is 0. The molecule has 4 aliphatic carbocycles. The van der Waals surface area contributed by atoms with Crippen molar-refractivity contribution in [3.63, 3.8) is 0 Å². The lowest BCUT2D eigenvalue weighted by molar-refractivity contribution is -0.0654. The molecule has 4 bridgehead atoms. The molecule has 0 amide bonds. The van der Waals surface area contributed by atoms with Crippen LogP contribution in [0.4, 0.5) is 0 Å². The van der Waals surface area contributed by atoms with E-state index in [0.717, 1.165) is 49.1 Å². The minimum atomic E-state index is -0.392. The molecule has 0 unspecified atom stereocenters. The minimum absolute atomic E-state index is 0.392. The number of hydrogen-bond acceptors (Lipinski definition) is 2. The molecule has 0 atom stereocenters. The van der Waals surface area contributed by atoms with Crippen molar-refractivity contribution in [3.8, 4) is 0 Å². The number of rotatable bonds is 3. The van der Waals surface area contributed by atoms with Gasteiger partial charge in [-0.3, -0.25) is 0 Å². The molecular formula is C18H31NO. The van der Waals surface area contributed by atoms with Crippen LogP contribution in [0.1, 0.15) is 64.7 Å². The fourth-order valence-corrected chi connectivity index (χ4v) is 6.25. The molecule has 114 valence electrons. The Bertz CT molecular complexity index is 330. The van der Waals surface area contributed by atoms with Gasteiger partial charge in [-0.2, -0.15) is 0 Å². The third-order valence-corrected chi connectivity index (χ3v) is 7.06. The zero-order chi connectivity index (χ0) is 13.8. The van der Waals surface area contributed by atoms with E-state index < -0.39 is 5.60 Å². The van der Waals surface area contributed by atoms with Crippen molar-refractivity contribution < 1.29 is 5.11 Å². The van der Waals surface area contributed by atoms with Gasteiger partial charge >= 0.3 is 0 Å². The lowest BCUT2D eigenvalue weighted by Gasteiger charge is -2.57. The van der Waals surface area contributed by atoms with Gasteiger partial charge in [-0.1, -0.05) is 0 Å². The molecule has 0 radical (unpaired) electrons. The molecule has 0 aromatic carbocycles. The molecule has 0 aromatic heterocycles. The van der Waals surface area contributed by atoms with E-state index in [4.69, 9.17) is 0 Å². The van der Waals surface area contributed by atoms with E-state index in [2.05, 4.69) is 4.90 Å². The normalized spacial score (nSPS) is 46.8. The molecule has 1 saturated heterocycles. The first kappa shape index (κ1) is 13.6. The summed E-state index contributed by atoms with van der Waals surface area (Å²) < 4.78 is 0. The molecule has 5 fully saturated rings. The van der Waals surface area contributed by atoms with Crippen LogP contribution >= 0.6 is 0 Å². The maximum absolute atomic E-state index is 10.1. The molecule has 1 N–H and O–H groups in total. The van der Waals surface area contributed by atoms with Gasteiger partial charge in [0.1, 0.15) is 0 Å². The zero-order valence-corrected chi connectivity index (χ0v) is 13.1. The predicted octanol–water partition coefficient (Wildman–Crippen LogP) is 3.44. The summed E-state index contributed by atoms with van der Waals surface area (Å²) in [5.74, 6) is 3.26. The van der Waals surface area contributed by atoms with E-state index in [0.29, 0.717) is 0 Å². The van der Waals surface area contributed by atoms with Gasteiger partial charge in [0.15, 0.2) is 0 Å². The first-order valence-electron chi connectivity index (χ1n) is 8.97. The van der Waals surface area contributed by atoms with Crippen LogP contribution in [0.5, 0.6) is 0 Å². The van der Waals surface area contributed by atoms with Gasteiger partial charge in [-0.25, -0.2) is 0 Å². The van der Waals surface area contributed by atoms with E-state index in [1.54, 1.807) is 38.5 Å². The molecule has 0 spiro atoms. The van der Waals surface area contributed by atoms with E-state index in [1.165, 1.54) is 13.0 Å². The van der Waals surface area contributed by atoms with Crippen molar-refractivity contribution in [1.82, 2.24) is 4.90 Å². The van der Waals surface area contributed by atoms with Crippen LogP contribution in [0.25, 0.3) is 0 Å². The van der Waals surface area contributed by atoms with E-state index in [9.17, 15) is 5.11 Å².